The molecule has 1 amide bonds. The third-order valence-corrected chi connectivity index (χ3v) is 10.8. The normalized spacial score (nSPS) is 23.9. The second kappa shape index (κ2) is 16.1. The lowest BCUT2D eigenvalue weighted by Crippen LogP contribution is -2.36. The number of aliphatic hydroxyl groups is 1. The van der Waals surface area contributed by atoms with Crippen LogP contribution in [-0.4, -0.2) is 100 Å². The Labute approximate surface area is 223 Å². The highest BCUT2D eigenvalue weighted by Crippen LogP contribution is 2.66. The Hall–Kier alpha value is 0.485. The lowest BCUT2D eigenvalue weighted by molar-refractivity contribution is -0.122. The van der Waals surface area contributed by atoms with Gasteiger partial charge in [-0.15, -0.1) is 0 Å². The number of phosphoric ester groups is 1. The minimum atomic E-state index is -5.63. The Morgan fingerprint density at radius 2 is 1.81 bits per heavy atom. The fraction of sp³-hybridized carbons (Fsp3) is 0.933. The van der Waals surface area contributed by atoms with E-state index in [-0.39, 0.29) is 49.3 Å². The van der Waals surface area contributed by atoms with Gasteiger partial charge in [0.05, 0.1) is 32.5 Å². The Bertz CT molecular complexity index is 865. The average molecular weight is 633 g/mol. The third-order valence-electron chi connectivity index (χ3n) is 4.08. The van der Waals surface area contributed by atoms with Crippen LogP contribution in [0.4, 0.5) is 0 Å². The average Bonchev–Trinajstić information content (AvgIpc) is 3.08. The van der Waals surface area contributed by atoms with Gasteiger partial charge in [-0.05, 0) is 20.3 Å². The summed E-state index contributed by atoms with van der Waals surface area (Å²) < 4.78 is 61.6. The van der Waals surface area contributed by atoms with Gasteiger partial charge >= 0.3 is 23.5 Å². The molecule has 6 N–H and O–H groups in total. The summed E-state index contributed by atoms with van der Waals surface area (Å²) in [5, 5.41) is 11.4. The van der Waals surface area contributed by atoms with Gasteiger partial charge < -0.3 is 44.2 Å². The van der Waals surface area contributed by atoms with Crippen molar-refractivity contribution in [1.82, 2.24) is 5.32 Å². The van der Waals surface area contributed by atoms with Crippen LogP contribution in [-0.2, 0) is 45.8 Å². The van der Waals surface area contributed by atoms with Crippen LogP contribution in [0.3, 0.4) is 0 Å². The molecule has 1 rings (SSSR count). The van der Waals surface area contributed by atoms with E-state index < -0.39 is 48.3 Å². The van der Waals surface area contributed by atoms with Crippen molar-refractivity contribution in [2.45, 2.75) is 49.6 Å². The van der Waals surface area contributed by atoms with Crippen LogP contribution in [0.1, 0.15) is 26.7 Å². The summed E-state index contributed by atoms with van der Waals surface area (Å²) >= 11 is 0. The van der Waals surface area contributed by atoms with E-state index in [0.29, 0.717) is 6.54 Å². The van der Waals surface area contributed by atoms with Crippen molar-refractivity contribution in [2.24, 2.45) is 0 Å². The van der Waals surface area contributed by atoms with Crippen LogP contribution in [0.15, 0.2) is 0 Å². The molecule has 0 aromatic heterocycles. The zero-order valence-electron chi connectivity index (χ0n) is 19.9. The second-order valence-electron chi connectivity index (χ2n) is 7.98. The van der Waals surface area contributed by atoms with Gasteiger partial charge in [0.15, 0.2) is 0 Å². The Morgan fingerprint density at radius 1 is 1.14 bits per heavy atom. The van der Waals surface area contributed by atoms with Crippen molar-refractivity contribution in [1.29, 1.82) is 0 Å². The number of phosphoric acid groups is 3. The van der Waals surface area contributed by atoms with E-state index >= 15 is 0 Å². The van der Waals surface area contributed by atoms with Gasteiger partial charge in [0.1, 0.15) is 19.9 Å². The fourth-order valence-electron chi connectivity index (χ4n) is 2.60. The minimum absolute atomic E-state index is 0.113. The summed E-state index contributed by atoms with van der Waals surface area (Å²) in [4.78, 5) is 47.7. The topological polar surface area (TPSA) is 237 Å². The van der Waals surface area contributed by atoms with E-state index in [1.54, 1.807) is 0 Å². The first-order chi connectivity index (χ1) is 16.9. The lowest BCUT2D eigenvalue weighted by Gasteiger charge is -2.24. The highest BCUT2D eigenvalue weighted by molar-refractivity contribution is 8.77. The van der Waals surface area contributed by atoms with Crippen molar-refractivity contribution in [3.8, 4) is 0 Å². The Balaban J connectivity index is 2.42. The summed E-state index contributed by atoms with van der Waals surface area (Å²) in [5.74, 6) is -0.0485. The van der Waals surface area contributed by atoms with Crippen molar-refractivity contribution < 1.29 is 70.5 Å². The van der Waals surface area contributed by atoms with Crippen LogP contribution in [0.25, 0.3) is 0 Å². The van der Waals surface area contributed by atoms with E-state index in [0.717, 1.165) is 0 Å². The van der Waals surface area contributed by atoms with E-state index in [1.165, 1.54) is 21.6 Å². The SMILES string of the molecule is [B][C@H]1C[C@@H](OCSSC(C)(C)CNC(=O)CCOCCO)C(COP(=O)(O)OP(=O)(O)OP(=O)(O)O)O1. The predicted molar refractivity (Wildman–Crippen MR) is 133 cm³/mol. The summed E-state index contributed by atoms with van der Waals surface area (Å²) in [5.41, 5.74) is 0. The van der Waals surface area contributed by atoms with Gasteiger partial charge in [-0.3, -0.25) is 9.32 Å². The smallest absolute Gasteiger partial charge is 0.394 e. The fourth-order valence-corrected chi connectivity index (χ4v) is 7.80. The van der Waals surface area contributed by atoms with Crippen LogP contribution >= 0.6 is 45.1 Å². The highest BCUT2D eigenvalue weighted by Gasteiger charge is 2.42. The lowest BCUT2D eigenvalue weighted by atomic mass is 9.96. The molecule has 22 heteroatoms. The number of carbonyl (C=O) groups excluding carboxylic acids is 1. The number of carbonyl (C=O) groups is 1. The molecule has 1 heterocycles. The molecule has 37 heavy (non-hydrogen) atoms. The molecule has 3 unspecified atom stereocenters. The van der Waals surface area contributed by atoms with Gasteiger partial charge in [0.25, 0.3) is 0 Å². The van der Waals surface area contributed by atoms with Crippen LogP contribution < -0.4 is 5.32 Å². The maximum atomic E-state index is 11.9. The molecule has 0 aliphatic carbocycles. The molecule has 1 aliphatic heterocycles. The van der Waals surface area contributed by atoms with Crippen LogP contribution in [0.2, 0.25) is 0 Å². The molecule has 216 valence electrons. The van der Waals surface area contributed by atoms with Crippen molar-refractivity contribution in [3.05, 3.63) is 0 Å². The first-order valence-electron chi connectivity index (χ1n) is 10.5. The molecule has 2 radical (unpaired) electrons. The number of amides is 1. The molecule has 0 saturated carbocycles. The predicted octanol–water partition coefficient (Wildman–Crippen LogP) is 0.631. The zero-order chi connectivity index (χ0) is 28.3. The van der Waals surface area contributed by atoms with Gasteiger partial charge in [0, 0.05) is 23.7 Å². The van der Waals surface area contributed by atoms with E-state index in [4.69, 9.17) is 37.0 Å². The molecule has 1 aliphatic rings. The van der Waals surface area contributed by atoms with Gasteiger partial charge in [-0.2, -0.15) is 8.62 Å². The summed E-state index contributed by atoms with van der Waals surface area (Å²) in [6, 6.07) is -0.787. The maximum absolute atomic E-state index is 11.9. The minimum Gasteiger partial charge on any atom is -0.394 e. The second-order valence-corrected chi connectivity index (χ2v) is 15.4. The van der Waals surface area contributed by atoms with Crippen LogP contribution in [0, 0.1) is 0 Å². The number of hydrogen-bond acceptors (Lipinski definition) is 13. The molecule has 0 aromatic rings. The van der Waals surface area contributed by atoms with Gasteiger partial charge in [0.2, 0.25) is 5.91 Å². The zero-order valence-corrected chi connectivity index (χ0v) is 24.3. The number of hydrogen-bond donors (Lipinski definition) is 6. The monoisotopic (exact) mass is 633 g/mol. The molecule has 16 nitrogen and oxygen atoms in total. The van der Waals surface area contributed by atoms with Crippen molar-refractivity contribution in [2.75, 3.05) is 38.9 Å². The maximum Gasteiger partial charge on any atom is 0.490 e. The third kappa shape index (κ3) is 17.0. The molecule has 0 aromatic carbocycles. The highest BCUT2D eigenvalue weighted by atomic mass is 33.1. The Kier molecular flexibility index (Phi) is 15.4. The Morgan fingerprint density at radius 3 is 2.43 bits per heavy atom. The molecule has 1 fully saturated rings. The molecule has 0 spiro atoms. The first kappa shape index (κ1) is 35.5. The number of ether oxygens (including phenoxy) is 3. The summed E-state index contributed by atoms with van der Waals surface area (Å²) in [7, 11) is -7.93. The molecular formula is C15H31BNO15P3S2. The quantitative estimate of drug-likeness (QED) is 0.0376. The molecule has 0 bridgehead atoms. The van der Waals surface area contributed by atoms with E-state index in [1.807, 2.05) is 13.8 Å². The van der Waals surface area contributed by atoms with Crippen molar-refractivity contribution in [3.63, 3.8) is 0 Å². The number of aliphatic hydroxyl groups excluding tert-OH is 1. The standard InChI is InChI=1S/C15H31BNO15P3S2/c1-15(2,9-17-14(19)3-5-27-6-4-18)37-36-10-28-11-7-13(16)30-12(11)8-29-34(23,24)32-35(25,26)31-33(20,21)22/h11-13,18H,3-10H2,1-2H3,(H,17,19)(H,23,24)(H,25,26)(H2,20,21,22)/t11-,12?,13-/m1/s1. The molecule has 1 saturated heterocycles. The molecule has 5 atom stereocenters. The summed E-state index contributed by atoms with van der Waals surface area (Å²) in [6.45, 7) is 3.78. The number of nitrogens with one attached hydrogen (secondary N) is 1. The van der Waals surface area contributed by atoms with Crippen molar-refractivity contribution >= 4 is 58.8 Å². The number of rotatable bonds is 19. The summed E-state index contributed by atoms with van der Waals surface area (Å²) in [6.07, 6.45) is -1.28. The van der Waals surface area contributed by atoms with Crippen LogP contribution in [0.5, 0.6) is 0 Å². The van der Waals surface area contributed by atoms with Gasteiger partial charge in [-0.25, -0.2) is 13.7 Å². The van der Waals surface area contributed by atoms with E-state index in [2.05, 4.69) is 18.5 Å². The van der Waals surface area contributed by atoms with E-state index in [9.17, 15) is 28.3 Å². The first-order valence-corrected chi connectivity index (χ1v) is 17.3. The largest absolute Gasteiger partial charge is 0.490 e. The molecular weight excluding hydrogens is 602 g/mol. The van der Waals surface area contributed by atoms with Gasteiger partial charge in [-0.1, -0.05) is 21.6 Å².